The Morgan fingerprint density at radius 1 is 0.915 bits per heavy atom. The number of fused-ring (bicyclic) bond motifs is 2. The van der Waals surface area contributed by atoms with Crippen LogP contribution in [0, 0.1) is 0 Å². The van der Waals surface area contributed by atoms with E-state index in [4.69, 9.17) is 9.26 Å². The summed E-state index contributed by atoms with van der Waals surface area (Å²) in [7, 11) is -3.80. The number of nitrogens with one attached hydrogen (secondary N) is 2. The molecule has 0 spiro atoms. The molecule has 3 aliphatic rings. The summed E-state index contributed by atoms with van der Waals surface area (Å²) in [4.78, 5) is 63.2. The average molecular weight is 834 g/mol. The summed E-state index contributed by atoms with van der Waals surface area (Å²) in [6.07, 6.45) is 7.24. The molecule has 5 atom stereocenters. The topological polar surface area (TPSA) is 147 Å². The van der Waals surface area contributed by atoms with Gasteiger partial charge in [-0.25, -0.2) is 5.09 Å². The Morgan fingerprint density at radius 2 is 1.69 bits per heavy atom. The van der Waals surface area contributed by atoms with Gasteiger partial charge in [0.25, 0.3) is 5.91 Å². The van der Waals surface area contributed by atoms with E-state index in [1.807, 2.05) is 77.8 Å². The van der Waals surface area contributed by atoms with E-state index in [2.05, 4.69) is 15.4 Å². The fourth-order valence-corrected chi connectivity index (χ4v) is 11.4. The number of esters is 1. The normalized spacial score (nSPS) is 20.8. The summed E-state index contributed by atoms with van der Waals surface area (Å²) in [6, 6.07) is 27.4. The molecule has 5 aromatic rings. The van der Waals surface area contributed by atoms with E-state index in [-0.39, 0.29) is 48.9 Å². The molecule has 306 valence electrons. The second-order valence-electron chi connectivity index (χ2n) is 15.5. The molecule has 0 saturated carbocycles. The maximum atomic E-state index is 14.8. The first-order chi connectivity index (χ1) is 28.7. The van der Waals surface area contributed by atoms with E-state index < -0.39 is 31.6 Å². The van der Waals surface area contributed by atoms with Crippen molar-refractivity contribution in [2.45, 2.75) is 81.7 Å². The number of hydrogen-bond acceptors (Lipinski definition) is 9. The van der Waals surface area contributed by atoms with Crippen molar-refractivity contribution in [1.82, 2.24) is 25.2 Å². The Bertz CT molecular complexity index is 2340. The molecule has 3 amide bonds. The molecule has 0 radical (unpaired) electrons. The van der Waals surface area contributed by atoms with Crippen molar-refractivity contribution < 1.29 is 33.0 Å². The van der Waals surface area contributed by atoms with Crippen LogP contribution >= 0.6 is 18.9 Å². The smallest absolute Gasteiger partial charge is 0.323 e. The fraction of sp³-hybridized carbons (Fsp3) is 0.356. The number of aromatic nitrogens is 1. The predicted molar refractivity (Wildman–Crippen MR) is 226 cm³/mol. The van der Waals surface area contributed by atoms with Gasteiger partial charge in [0.2, 0.25) is 11.8 Å². The first-order valence-corrected chi connectivity index (χ1v) is 23.0. The molecular weight excluding hydrogens is 786 g/mol. The Labute approximate surface area is 347 Å². The van der Waals surface area contributed by atoms with Gasteiger partial charge < -0.3 is 24.4 Å². The largest absolute Gasteiger partial charge is 0.465 e. The minimum absolute atomic E-state index is 0.0151. The molecular formula is C45H48N5O7PS. The summed E-state index contributed by atoms with van der Waals surface area (Å²) < 4.78 is 27.2. The van der Waals surface area contributed by atoms with Gasteiger partial charge >= 0.3 is 13.5 Å². The van der Waals surface area contributed by atoms with Gasteiger partial charge in [-0.05, 0) is 104 Å². The summed E-state index contributed by atoms with van der Waals surface area (Å²) in [5, 5.41) is 6.86. The SMILES string of the molecule is CCOC(=O)[C@H](Cc1ccccc1)NP(=O)(Cc1ccc2sc(C(=O)NC3CCC[C@H]4CC[C@@H](C(=O)N5CC(c6cccnc6)C5)N4C3=O)cc2c1)Oc1ccccc1. The van der Waals surface area contributed by atoms with Gasteiger partial charge in [-0.3, -0.25) is 28.7 Å². The number of ether oxygens (including phenoxy) is 1. The highest BCUT2D eigenvalue weighted by molar-refractivity contribution is 7.56. The molecule has 2 unspecified atom stereocenters. The molecule has 3 saturated heterocycles. The molecule has 2 N–H and O–H groups in total. The van der Waals surface area contributed by atoms with Crippen molar-refractivity contribution >= 4 is 52.6 Å². The maximum Gasteiger partial charge on any atom is 0.323 e. The molecule has 0 bridgehead atoms. The summed E-state index contributed by atoms with van der Waals surface area (Å²) in [5.41, 5.74) is 2.66. The van der Waals surface area contributed by atoms with Crippen LogP contribution in [0.5, 0.6) is 5.75 Å². The van der Waals surface area contributed by atoms with Crippen LogP contribution in [0.25, 0.3) is 10.1 Å². The predicted octanol–water partition coefficient (Wildman–Crippen LogP) is 7.10. The quantitative estimate of drug-likeness (QED) is 0.0884. The zero-order chi connectivity index (χ0) is 40.9. The van der Waals surface area contributed by atoms with Crippen LogP contribution < -0.4 is 14.9 Å². The maximum absolute atomic E-state index is 14.8. The van der Waals surface area contributed by atoms with Crippen LogP contribution in [-0.2, 0) is 36.3 Å². The van der Waals surface area contributed by atoms with Crippen molar-refractivity contribution in [1.29, 1.82) is 0 Å². The highest BCUT2D eigenvalue weighted by Crippen LogP contribution is 2.48. The third-order valence-electron chi connectivity index (χ3n) is 11.4. The molecule has 12 nitrogen and oxygen atoms in total. The molecule has 3 fully saturated rings. The lowest BCUT2D eigenvalue weighted by Crippen LogP contribution is -2.58. The number of rotatable bonds is 14. The Morgan fingerprint density at radius 3 is 2.44 bits per heavy atom. The second-order valence-corrected chi connectivity index (χ2v) is 18.7. The van der Waals surface area contributed by atoms with Gasteiger partial charge in [0.05, 0.1) is 17.6 Å². The van der Waals surface area contributed by atoms with Crippen LogP contribution in [0.15, 0.2) is 109 Å². The summed E-state index contributed by atoms with van der Waals surface area (Å²) in [6.45, 7) is 3.11. The van der Waals surface area contributed by atoms with E-state index in [1.165, 1.54) is 11.3 Å². The first-order valence-electron chi connectivity index (χ1n) is 20.3. The monoisotopic (exact) mass is 833 g/mol. The van der Waals surface area contributed by atoms with Crippen molar-refractivity contribution in [3.8, 4) is 5.75 Å². The fourth-order valence-electron chi connectivity index (χ4n) is 8.48. The lowest BCUT2D eigenvalue weighted by Gasteiger charge is -2.42. The standard InChI is InChI=1S/C45H48N5O7PS/c1-2-56-45(54)38(24-30-11-5-3-6-12-30)48-58(55,57-36-15-7-4-8-16-36)29-31-18-21-40-33(23-31)25-41(59-40)42(51)47-37-17-9-14-35-19-20-39(50(35)43(37)52)44(53)49-27-34(28-49)32-13-10-22-46-26-32/h3-8,10-13,15-16,18,21-23,25-26,34-35,37-39H,2,9,14,17,19-20,24,27-29H2,1H3,(H,47,51)(H,48,55)/t35-,37?,38-,39-,58?/m0/s1. The van der Waals surface area contributed by atoms with Gasteiger partial charge in [-0.1, -0.05) is 60.7 Å². The van der Waals surface area contributed by atoms with Crippen LogP contribution in [0.3, 0.4) is 0 Å². The van der Waals surface area contributed by atoms with E-state index in [9.17, 15) is 23.7 Å². The number of benzene rings is 3. The van der Waals surface area contributed by atoms with E-state index >= 15 is 0 Å². The number of carbonyl (C=O) groups excluding carboxylic acids is 4. The Kier molecular flexibility index (Phi) is 12.2. The lowest BCUT2D eigenvalue weighted by molar-refractivity contribution is -0.148. The first kappa shape index (κ1) is 40.4. The number of amides is 3. The van der Waals surface area contributed by atoms with Gasteiger partial charge in [-0.15, -0.1) is 11.3 Å². The van der Waals surface area contributed by atoms with Gasteiger partial charge in [0.1, 0.15) is 23.9 Å². The van der Waals surface area contributed by atoms with Crippen molar-refractivity contribution in [2.24, 2.45) is 0 Å². The number of nitrogens with zero attached hydrogens (tertiary/aromatic N) is 3. The minimum atomic E-state index is -3.80. The molecule has 59 heavy (non-hydrogen) atoms. The average Bonchev–Trinajstić information content (AvgIpc) is 3.81. The van der Waals surface area contributed by atoms with Crippen LogP contribution in [0.4, 0.5) is 0 Å². The molecule has 14 heteroatoms. The number of carbonyl (C=O) groups is 4. The van der Waals surface area contributed by atoms with E-state index in [0.717, 1.165) is 40.5 Å². The highest BCUT2D eigenvalue weighted by atomic mass is 32.1. The zero-order valence-electron chi connectivity index (χ0n) is 32.9. The van der Waals surface area contributed by atoms with Gasteiger partial charge in [0.15, 0.2) is 0 Å². The molecule has 8 rings (SSSR count). The number of pyridine rings is 1. The lowest BCUT2D eigenvalue weighted by atomic mass is 9.92. The highest BCUT2D eigenvalue weighted by Gasteiger charge is 2.47. The van der Waals surface area contributed by atoms with Crippen molar-refractivity contribution in [2.75, 3.05) is 19.7 Å². The molecule has 3 aromatic carbocycles. The number of hydrogen-bond donors (Lipinski definition) is 2. The van der Waals surface area contributed by atoms with Crippen molar-refractivity contribution in [3.05, 3.63) is 131 Å². The zero-order valence-corrected chi connectivity index (χ0v) is 34.6. The number of likely N-dealkylation sites (tertiary alicyclic amines) is 1. The Balaban J connectivity index is 0.962. The van der Waals surface area contributed by atoms with Gasteiger partial charge in [-0.2, -0.15) is 0 Å². The Hall–Kier alpha value is -5.36. The van der Waals surface area contributed by atoms with Crippen LogP contribution in [0.2, 0.25) is 0 Å². The summed E-state index contributed by atoms with van der Waals surface area (Å²) in [5.74, 6) is -0.467. The van der Waals surface area contributed by atoms with E-state index in [1.54, 1.807) is 48.4 Å². The third kappa shape index (κ3) is 9.28. The molecule has 5 heterocycles. The van der Waals surface area contributed by atoms with Crippen molar-refractivity contribution in [3.63, 3.8) is 0 Å². The molecule has 2 aromatic heterocycles. The second kappa shape index (κ2) is 17.9. The van der Waals surface area contributed by atoms with Crippen LogP contribution in [-0.4, -0.2) is 82.3 Å². The third-order valence-corrected chi connectivity index (χ3v) is 14.5. The summed E-state index contributed by atoms with van der Waals surface area (Å²) >= 11 is 1.31. The number of thiophene rings is 1. The minimum Gasteiger partial charge on any atom is -0.465 e. The van der Waals surface area contributed by atoms with Crippen LogP contribution in [0.1, 0.15) is 71.3 Å². The molecule has 0 aliphatic carbocycles. The number of para-hydroxylation sites is 1. The molecule has 3 aliphatic heterocycles. The van der Waals surface area contributed by atoms with E-state index in [0.29, 0.717) is 42.1 Å². The van der Waals surface area contributed by atoms with Gasteiger partial charge in [0, 0.05) is 42.1 Å².